The van der Waals surface area contributed by atoms with Gasteiger partial charge in [-0.2, -0.15) is 0 Å². The van der Waals surface area contributed by atoms with E-state index in [1.807, 2.05) is 44.5 Å². The summed E-state index contributed by atoms with van der Waals surface area (Å²) >= 11 is 0. The number of rotatable bonds is 7. The molecule has 2 aromatic rings. The van der Waals surface area contributed by atoms with E-state index >= 15 is 0 Å². The lowest BCUT2D eigenvalue weighted by atomic mass is 10.1. The monoisotopic (exact) mass is 291 g/mol. The van der Waals surface area contributed by atoms with Crippen LogP contribution in [0.15, 0.2) is 18.5 Å². The smallest absolute Gasteiger partial charge is 0.203 e. The Morgan fingerprint density at radius 3 is 1.95 bits per heavy atom. The van der Waals surface area contributed by atoms with Gasteiger partial charge in [-0.3, -0.25) is 0 Å². The van der Waals surface area contributed by atoms with Crippen LogP contribution in [0.2, 0.25) is 0 Å². The Balaban J connectivity index is 2.55. The summed E-state index contributed by atoms with van der Waals surface area (Å²) in [5.74, 6) is 2.69. The molecule has 0 N–H and O–H groups in total. The summed E-state index contributed by atoms with van der Waals surface area (Å²) in [6, 6.07) is 3.81. The predicted octanol–water partition coefficient (Wildman–Crippen LogP) is 2.68. The van der Waals surface area contributed by atoms with Crippen molar-refractivity contribution in [2.75, 3.05) is 19.8 Å². The fourth-order valence-electron chi connectivity index (χ4n) is 2.06. The minimum atomic E-state index is 0.545. The number of benzene rings is 1. The average molecular weight is 291 g/mol. The second kappa shape index (κ2) is 6.97. The van der Waals surface area contributed by atoms with Crippen LogP contribution in [-0.4, -0.2) is 34.6 Å². The first-order valence-corrected chi connectivity index (χ1v) is 7.12. The van der Waals surface area contributed by atoms with Crippen molar-refractivity contribution in [3.63, 3.8) is 0 Å². The summed E-state index contributed by atoms with van der Waals surface area (Å²) in [6.07, 6.45) is 1.66. The van der Waals surface area contributed by atoms with E-state index in [0.717, 1.165) is 11.4 Å². The number of hydrogen-bond acceptors (Lipinski definition) is 5. The van der Waals surface area contributed by atoms with Gasteiger partial charge in [-0.1, -0.05) is 0 Å². The third kappa shape index (κ3) is 3.26. The summed E-state index contributed by atoms with van der Waals surface area (Å²) in [5, 5.41) is 8.03. The van der Waals surface area contributed by atoms with Crippen LogP contribution in [0.3, 0.4) is 0 Å². The van der Waals surface area contributed by atoms with Crippen LogP contribution in [0.25, 0.3) is 11.4 Å². The molecule has 0 saturated carbocycles. The van der Waals surface area contributed by atoms with Crippen molar-refractivity contribution < 1.29 is 14.2 Å². The first kappa shape index (κ1) is 15.2. The summed E-state index contributed by atoms with van der Waals surface area (Å²) in [6.45, 7) is 7.45. The van der Waals surface area contributed by atoms with Gasteiger partial charge in [-0.25, -0.2) is 0 Å². The maximum atomic E-state index is 5.69. The van der Waals surface area contributed by atoms with Gasteiger partial charge in [0.05, 0.1) is 19.8 Å². The summed E-state index contributed by atoms with van der Waals surface area (Å²) in [7, 11) is 1.90. The topological polar surface area (TPSA) is 58.4 Å². The zero-order valence-corrected chi connectivity index (χ0v) is 12.9. The number of ether oxygens (including phenoxy) is 3. The van der Waals surface area contributed by atoms with E-state index in [1.165, 1.54) is 0 Å². The van der Waals surface area contributed by atoms with Crippen molar-refractivity contribution in [1.82, 2.24) is 14.8 Å². The third-order valence-corrected chi connectivity index (χ3v) is 2.88. The molecule has 0 unspecified atom stereocenters. The molecule has 0 aliphatic carbocycles. The quantitative estimate of drug-likeness (QED) is 0.785. The lowest BCUT2D eigenvalue weighted by molar-refractivity contribution is 0.261. The van der Waals surface area contributed by atoms with Crippen molar-refractivity contribution in [1.29, 1.82) is 0 Å². The van der Waals surface area contributed by atoms with E-state index in [1.54, 1.807) is 6.33 Å². The molecule has 0 saturated heterocycles. The van der Waals surface area contributed by atoms with Gasteiger partial charge in [-0.15, -0.1) is 10.2 Å². The van der Waals surface area contributed by atoms with Gasteiger partial charge in [0.25, 0.3) is 0 Å². The molecule has 0 aliphatic rings. The van der Waals surface area contributed by atoms with Crippen molar-refractivity contribution in [2.45, 2.75) is 20.8 Å². The molecule has 2 rings (SSSR count). The van der Waals surface area contributed by atoms with Crippen molar-refractivity contribution in [3.05, 3.63) is 18.5 Å². The predicted molar refractivity (Wildman–Crippen MR) is 79.9 cm³/mol. The van der Waals surface area contributed by atoms with E-state index in [-0.39, 0.29) is 0 Å². The second-order valence-corrected chi connectivity index (χ2v) is 4.37. The van der Waals surface area contributed by atoms with Gasteiger partial charge in [0.1, 0.15) is 6.33 Å². The fourth-order valence-corrected chi connectivity index (χ4v) is 2.06. The van der Waals surface area contributed by atoms with Crippen LogP contribution in [-0.2, 0) is 7.05 Å². The summed E-state index contributed by atoms with van der Waals surface area (Å²) < 4.78 is 18.9. The molecule has 0 spiro atoms. The Bertz CT molecular complexity index is 569. The molecular formula is C15H21N3O3. The van der Waals surface area contributed by atoms with Crippen molar-refractivity contribution in [2.24, 2.45) is 7.05 Å². The van der Waals surface area contributed by atoms with E-state index in [4.69, 9.17) is 14.2 Å². The zero-order valence-electron chi connectivity index (χ0n) is 12.9. The van der Waals surface area contributed by atoms with E-state index in [0.29, 0.717) is 37.1 Å². The Kier molecular flexibility index (Phi) is 5.03. The SMILES string of the molecule is CCOc1cc(-c2nncn2C)cc(OCC)c1OCC. The van der Waals surface area contributed by atoms with Gasteiger partial charge in [-0.05, 0) is 32.9 Å². The van der Waals surface area contributed by atoms with Crippen molar-refractivity contribution in [3.8, 4) is 28.6 Å². The van der Waals surface area contributed by atoms with E-state index in [2.05, 4.69) is 10.2 Å². The van der Waals surface area contributed by atoms with Crippen LogP contribution in [0.1, 0.15) is 20.8 Å². The van der Waals surface area contributed by atoms with Crippen LogP contribution >= 0.6 is 0 Å². The van der Waals surface area contributed by atoms with Gasteiger partial charge < -0.3 is 18.8 Å². The van der Waals surface area contributed by atoms with E-state index < -0.39 is 0 Å². The molecule has 0 radical (unpaired) electrons. The minimum Gasteiger partial charge on any atom is -0.490 e. The van der Waals surface area contributed by atoms with E-state index in [9.17, 15) is 0 Å². The Morgan fingerprint density at radius 2 is 1.52 bits per heavy atom. The molecule has 1 aromatic heterocycles. The number of aromatic nitrogens is 3. The Labute approximate surface area is 124 Å². The molecule has 0 aliphatic heterocycles. The molecule has 21 heavy (non-hydrogen) atoms. The average Bonchev–Trinajstić information content (AvgIpc) is 2.89. The molecule has 0 fully saturated rings. The first-order chi connectivity index (χ1) is 10.2. The standard InChI is InChI=1S/C15H21N3O3/c1-5-19-12-8-11(15-17-16-10-18(15)4)9-13(20-6-2)14(12)21-7-3/h8-10H,5-7H2,1-4H3. The van der Waals surface area contributed by atoms with Crippen LogP contribution in [0, 0.1) is 0 Å². The van der Waals surface area contributed by atoms with Gasteiger partial charge in [0, 0.05) is 12.6 Å². The molecule has 1 aromatic carbocycles. The number of nitrogens with zero attached hydrogens (tertiary/aromatic N) is 3. The lowest BCUT2D eigenvalue weighted by Crippen LogP contribution is -2.03. The molecule has 0 amide bonds. The van der Waals surface area contributed by atoms with Crippen LogP contribution in [0.4, 0.5) is 0 Å². The lowest BCUT2D eigenvalue weighted by Gasteiger charge is -2.16. The fraction of sp³-hybridized carbons (Fsp3) is 0.467. The molecule has 6 nitrogen and oxygen atoms in total. The molecule has 6 heteroatoms. The zero-order chi connectivity index (χ0) is 15.2. The minimum absolute atomic E-state index is 0.545. The third-order valence-electron chi connectivity index (χ3n) is 2.88. The molecule has 1 heterocycles. The molecule has 114 valence electrons. The molecule has 0 bridgehead atoms. The highest BCUT2D eigenvalue weighted by Gasteiger charge is 2.17. The highest BCUT2D eigenvalue weighted by Crippen LogP contribution is 2.41. The maximum absolute atomic E-state index is 5.69. The highest BCUT2D eigenvalue weighted by atomic mass is 16.5. The van der Waals surface area contributed by atoms with Crippen molar-refractivity contribution >= 4 is 0 Å². The maximum Gasteiger partial charge on any atom is 0.203 e. The molecular weight excluding hydrogens is 270 g/mol. The van der Waals surface area contributed by atoms with Crippen LogP contribution < -0.4 is 14.2 Å². The summed E-state index contributed by atoms with van der Waals surface area (Å²) in [4.78, 5) is 0. The molecule has 0 atom stereocenters. The van der Waals surface area contributed by atoms with Gasteiger partial charge in [0.2, 0.25) is 5.75 Å². The second-order valence-electron chi connectivity index (χ2n) is 4.37. The van der Waals surface area contributed by atoms with Gasteiger partial charge >= 0.3 is 0 Å². The highest BCUT2D eigenvalue weighted by molar-refractivity contribution is 5.66. The number of hydrogen-bond donors (Lipinski definition) is 0. The summed E-state index contributed by atoms with van der Waals surface area (Å²) in [5.41, 5.74) is 0.880. The Hall–Kier alpha value is -2.24. The van der Waals surface area contributed by atoms with Gasteiger partial charge in [0.15, 0.2) is 17.3 Å². The Morgan fingerprint density at radius 1 is 0.952 bits per heavy atom. The van der Waals surface area contributed by atoms with Crippen LogP contribution in [0.5, 0.6) is 17.2 Å². The first-order valence-electron chi connectivity index (χ1n) is 7.12. The number of aryl methyl sites for hydroxylation is 1. The normalized spacial score (nSPS) is 10.5. The largest absolute Gasteiger partial charge is 0.490 e.